The average Bonchev–Trinajstić information content (AvgIpc) is 2.77. The van der Waals surface area contributed by atoms with Gasteiger partial charge >= 0.3 is 0 Å². The highest BCUT2D eigenvalue weighted by Crippen LogP contribution is 2.36. The van der Waals surface area contributed by atoms with Gasteiger partial charge in [-0.05, 0) is 36.1 Å². The molecule has 30 heavy (non-hydrogen) atoms. The van der Waals surface area contributed by atoms with Gasteiger partial charge in [-0.1, -0.05) is 36.0 Å². The van der Waals surface area contributed by atoms with Crippen molar-refractivity contribution in [2.45, 2.75) is 17.2 Å². The lowest BCUT2D eigenvalue weighted by Gasteiger charge is -2.25. The predicted molar refractivity (Wildman–Crippen MR) is 120 cm³/mol. The van der Waals surface area contributed by atoms with Gasteiger partial charge in [0, 0.05) is 17.2 Å². The molecule has 2 N–H and O–H groups in total. The van der Waals surface area contributed by atoms with Crippen molar-refractivity contribution in [1.29, 1.82) is 5.26 Å². The SMILES string of the molecule is COc1ccccc1NC(=O)CSC1=C(C#N)[C@@H](c2ccc(SC)cc2)CC(=O)N1. The number of ether oxygens (including phenoxy) is 1. The van der Waals surface area contributed by atoms with Gasteiger partial charge in [0.1, 0.15) is 5.75 Å². The van der Waals surface area contributed by atoms with Crippen LogP contribution in [0.4, 0.5) is 5.69 Å². The summed E-state index contributed by atoms with van der Waals surface area (Å²) in [5, 5.41) is 15.7. The van der Waals surface area contributed by atoms with Crippen molar-refractivity contribution in [2.75, 3.05) is 24.4 Å². The first-order valence-corrected chi connectivity index (χ1v) is 11.4. The maximum absolute atomic E-state index is 12.4. The van der Waals surface area contributed by atoms with E-state index in [-0.39, 0.29) is 29.9 Å². The third kappa shape index (κ3) is 5.17. The van der Waals surface area contributed by atoms with Gasteiger partial charge in [0.2, 0.25) is 11.8 Å². The Morgan fingerprint density at radius 2 is 2.00 bits per heavy atom. The predicted octanol–water partition coefficient (Wildman–Crippen LogP) is 4.13. The summed E-state index contributed by atoms with van der Waals surface area (Å²) in [6.07, 6.45) is 2.20. The van der Waals surface area contributed by atoms with Gasteiger partial charge in [0.15, 0.2) is 0 Å². The molecule has 3 rings (SSSR count). The Morgan fingerprint density at radius 1 is 1.27 bits per heavy atom. The number of methoxy groups -OCH3 is 1. The van der Waals surface area contributed by atoms with Crippen LogP contribution in [-0.4, -0.2) is 30.9 Å². The lowest BCUT2D eigenvalue weighted by molar-refractivity contribution is -0.121. The van der Waals surface area contributed by atoms with Crippen molar-refractivity contribution in [3.63, 3.8) is 0 Å². The number of nitrogens with zero attached hydrogens (tertiary/aromatic N) is 1. The normalized spacial score (nSPS) is 15.9. The quantitative estimate of drug-likeness (QED) is 0.631. The summed E-state index contributed by atoms with van der Waals surface area (Å²) in [7, 11) is 1.53. The molecule has 0 bridgehead atoms. The van der Waals surface area contributed by atoms with E-state index in [2.05, 4.69) is 16.7 Å². The Labute approximate surface area is 184 Å². The molecule has 6 nitrogen and oxygen atoms in total. The molecule has 0 saturated heterocycles. The van der Waals surface area contributed by atoms with Crippen LogP contribution in [0.25, 0.3) is 0 Å². The first-order chi connectivity index (χ1) is 14.5. The average molecular weight is 440 g/mol. The summed E-state index contributed by atoms with van der Waals surface area (Å²) in [5.41, 5.74) is 1.96. The van der Waals surface area contributed by atoms with Crippen LogP contribution >= 0.6 is 23.5 Å². The first-order valence-electron chi connectivity index (χ1n) is 9.19. The number of benzene rings is 2. The van der Waals surface area contributed by atoms with Crippen molar-refractivity contribution >= 4 is 41.0 Å². The number of allylic oxidation sites excluding steroid dienone is 1. The molecular weight excluding hydrogens is 418 g/mol. The van der Waals surface area contributed by atoms with E-state index in [1.165, 1.54) is 7.11 Å². The number of anilines is 1. The molecule has 2 aromatic rings. The summed E-state index contributed by atoms with van der Waals surface area (Å²) in [5.74, 6) is -0.126. The third-order valence-corrected chi connectivity index (χ3v) is 6.36. The van der Waals surface area contributed by atoms with Crippen molar-refractivity contribution in [3.8, 4) is 11.8 Å². The number of para-hydroxylation sites is 2. The lowest BCUT2D eigenvalue weighted by Crippen LogP contribution is -2.31. The van der Waals surface area contributed by atoms with E-state index in [0.29, 0.717) is 22.0 Å². The van der Waals surface area contributed by atoms with Gasteiger partial charge < -0.3 is 15.4 Å². The van der Waals surface area contributed by atoms with Crippen molar-refractivity contribution in [2.24, 2.45) is 0 Å². The molecule has 0 fully saturated rings. The highest BCUT2D eigenvalue weighted by molar-refractivity contribution is 8.03. The monoisotopic (exact) mass is 439 g/mol. The summed E-state index contributed by atoms with van der Waals surface area (Å²) < 4.78 is 5.24. The number of nitrogens with one attached hydrogen (secondary N) is 2. The van der Waals surface area contributed by atoms with Crippen LogP contribution in [0.15, 0.2) is 64.0 Å². The maximum Gasteiger partial charge on any atom is 0.234 e. The Balaban J connectivity index is 1.75. The van der Waals surface area contributed by atoms with E-state index in [4.69, 9.17) is 4.74 Å². The molecular formula is C22H21N3O3S2. The molecule has 1 aliphatic rings. The van der Waals surface area contributed by atoms with E-state index in [1.807, 2.05) is 36.6 Å². The summed E-state index contributed by atoms with van der Waals surface area (Å²) in [4.78, 5) is 25.8. The number of hydrogen-bond donors (Lipinski definition) is 2. The van der Waals surface area contributed by atoms with Gasteiger partial charge in [-0.25, -0.2) is 0 Å². The van der Waals surface area contributed by atoms with E-state index >= 15 is 0 Å². The zero-order valence-corrected chi connectivity index (χ0v) is 18.2. The molecule has 0 saturated carbocycles. The van der Waals surface area contributed by atoms with E-state index in [1.54, 1.807) is 30.0 Å². The molecule has 2 aromatic carbocycles. The second-order valence-electron chi connectivity index (χ2n) is 6.47. The number of carbonyl (C=O) groups excluding carboxylic acids is 2. The molecule has 0 spiro atoms. The second kappa shape index (κ2) is 10.2. The minimum atomic E-state index is -0.320. The van der Waals surface area contributed by atoms with Gasteiger partial charge in [-0.2, -0.15) is 5.26 Å². The summed E-state index contributed by atoms with van der Waals surface area (Å²) in [6.45, 7) is 0. The van der Waals surface area contributed by atoms with Crippen LogP contribution in [0.2, 0.25) is 0 Å². The fourth-order valence-corrected chi connectivity index (χ4v) is 4.41. The summed E-state index contributed by atoms with van der Waals surface area (Å²) in [6, 6.07) is 17.2. The Hall–Kier alpha value is -2.89. The highest BCUT2D eigenvalue weighted by atomic mass is 32.2. The smallest absolute Gasteiger partial charge is 0.234 e. The minimum absolute atomic E-state index is 0.0526. The van der Waals surface area contributed by atoms with Crippen molar-refractivity contribution < 1.29 is 14.3 Å². The van der Waals surface area contributed by atoms with Crippen LogP contribution in [-0.2, 0) is 9.59 Å². The molecule has 0 radical (unpaired) electrons. The maximum atomic E-state index is 12.4. The van der Waals surface area contributed by atoms with Gasteiger partial charge in [0.05, 0.1) is 35.2 Å². The van der Waals surface area contributed by atoms with Crippen LogP contribution in [0.5, 0.6) is 5.75 Å². The molecule has 154 valence electrons. The molecule has 8 heteroatoms. The highest BCUT2D eigenvalue weighted by Gasteiger charge is 2.29. The molecule has 2 amide bonds. The second-order valence-corrected chi connectivity index (χ2v) is 8.34. The van der Waals surface area contributed by atoms with Crippen LogP contribution in [0.3, 0.4) is 0 Å². The standard InChI is InChI=1S/C22H21N3O3S2/c1-28-19-6-4-3-5-18(19)24-21(27)13-30-22-17(12-23)16(11-20(26)25-22)14-7-9-15(29-2)10-8-14/h3-10,16H,11,13H2,1-2H3,(H,24,27)(H,25,26)/t16-/m1/s1. The number of rotatable bonds is 7. The van der Waals surface area contributed by atoms with Gasteiger partial charge in [-0.15, -0.1) is 11.8 Å². The molecule has 1 heterocycles. The van der Waals surface area contributed by atoms with Crippen LogP contribution in [0.1, 0.15) is 17.9 Å². The van der Waals surface area contributed by atoms with E-state index in [0.717, 1.165) is 22.2 Å². The van der Waals surface area contributed by atoms with Crippen molar-refractivity contribution in [1.82, 2.24) is 5.32 Å². The number of amides is 2. The van der Waals surface area contributed by atoms with Crippen molar-refractivity contribution in [3.05, 3.63) is 64.7 Å². The molecule has 1 atom stereocenters. The largest absolute Gasteiger partial charge is 0.495 e. The third-order valence-electron chi connectivity index (χ3n) is 4.60. The topological polar surface area (TPSA) is 91.2 Å². The zero-order chi connectivity index (χ0) is 21.5. The van der Waals surface area contributed by atoms with Gasteiger partial charge in [0.25, 0.3) is 0 Å². The summed E-state index contributed by atoms with van der Waals surface area (Å²) >= 11 is 2.78. The fraction of sp³-hybridized carbons (Fsp3) is 0.227. The molecule has 0 unspecified atom stereocenters. The number of hydrogen-bond acceptors (Lipinski definition) is 6. The first kappa shape index (κ1) is 21.8. The lowest BCUT2D eigenvalue weighted by atomic mass is 9.87. The van der Waals surface area contributed by atoms with E-state index in [9.17, 15) is 14.9 Å². The van der Waals surface area contributed by atoms with E-state index < -0.39 is 0 Å². The molecule has 0 aromatic heterocycles. The number of nitriles is 1. The minimum Gasteiger partial charge on any atom is -0.495 e. The van der Waals surface area contributed by atoms with Gasteiger partial charge in [-0.3, -0.25) is 9.59 Å². The number of carbonyl (C=O) groups is 2. The Kier molecular flexibility index (Phi) is 7.44. The number of thioether (sulfide) groups is 2. The Bertz CT molecular complexity index is 1010. The molecule has 1 aliphatic heterocycles. The fourth-order valence-electron chi connectivity index (χ4n) is 3.13. The zero-order valence-electron chi connectivity index (χ0n) is 16.6. The van der Waals surface area contributed by atoms with Crippen LogP contribution < -0.4 is 15.4 Å². The Morgan fingerprint density at radius 3 is 2.67 bits per heavy atom. The van der Waals surface area contributed by atoms with Crippen LogP contribution in [0, 0.1) is 11.3 Å². The molecule has 0 aliphatic carbocycles.